The number of nitrogens with zero attached hydrogens (tertiary/aromatic N) is 3. The second-order valence-electron chi connectivity index (χ2n) is 9.40. The van der Waals surface area contributed by atoms with E-state index in [0.717, 1.165) is 37.4 Å². The summed E-state index contributed by atoms with van der Waals surface area (Å²) < 4.78 is 5.52. The van der Waals surface area contributed by atoms with Crippen molar-refractivity contribution in [2.45, 2.75) is 20.4 Å². The van der Waals surface area contributed by atoms with Gasteiger partial charge in [0.25, 0.3) is 11.8 Å². The maximum Gasteiger partial charge on any atom is 0.291 e. The van der Waals surface area contributed by atoms with Gasteiger partial charge in [0.2, 0.25) is 0 Å². The van der Waals surface area contributed by atoms with Gasteiger partial charge in [-0.1, -0.05) is 24.3 Å². The predicted molar refractivity (Wildman–Crippen MR) is 149 cm³/mol. The highest BCUT2D eigenvalue weighted by Gasteiger charge is 2.23. The quantitative estimate of drug-likeness (QED) is 0.372. The van der Waals surface area contributed by atoms with Crippen LogP contribution in [0.2, 0.25) is 0 Å². The first-order chi connectivity index (χ1) is 18.5. The minimum Gasteiger partial charge on any atom is -0.456 e. The number of carbonyl (C=O) groups is 2. The Morgan fingerprint density at radius 2 is 1.63 bits per heavy atom. The van der Waals surface area contributed by atoms with E-state index in [1.54, 1.807) is 43.6 Å². The van der Waals surface area contributed by atoms with Gasteiger partial charge in [-0.3, -0.25) is 14.6 Å². The fourth-order valence-electron chi connectivity index (χ4n) is 4.69. The molecule has 0 bridgehead atoms. The number of rotatable bonds is 7. The van der Waals surface area contributed by atoms with Crippen molar-refractivity contribution >= 4 is 28.9 Å². The molecule has 2 aromatic carbocycles. The molecule has 1 saturated heterocycles. The number of para-hydroxylation sites is 1. The molecule has 0 unspecified atom stereocenters. The van der Waals surface area contributed by atoms with E-state index in [1.807, 2.05) is 18.2 Å². The van der Waals surface area contributed by atoms with E-state index in [2.05, 4.69) is 56.6 Å². The van der Waals surface area contributed by atoms with E-state index >= 15 is 0 Å². The van der Waals surface area contributed by atoms with Gasteiger partial charge in [0.05, 0.1) is 11.4 Å². The third-order valence-corrected chi connectivity index (χ3v) is 6.72. The molecule has 0 radical (unpaired) electrons. The molecule has 5 rings (SSSR count). The van der Waals surface area contributed by atoms with Crippen LogP contribution in [-0.4, -0.2) is 43.0 Å². The summed E-state index contributed by atoms with van der Waals surface area (Å²) in [4.78, 5) is 34.7. The Bertz CT molecular complexity index is 1420. The second kappa shape index (κ2) is 11.2. The molecule has 1 aliphatic heterocycles. The lowest BCUT2D eigenvalue weighted by atomic mass is 10.1. The lowest BCUT2D eigenvalue weighted by molar-refractivity contribution is 0.0949. The molecule has 0 atom stereocenters. The van der Waals surface area contributed by atoms with Crippen LogP contribution in [0, 0.1) is 13.8 Å². The van der Waals surface area contributed by atoms with Gasteiger partial charge in [0.15, 0.2) is 5.76 Å². The van der Waals surface area contributed by atoms with Gasteiger partial charge < -0.3 is 24.9 Å². The third kappa shape index (κ3) is 5.70. The van der Waals surface area contributed by atoms with E-state index in [1.165, 1.54) is 11.3 Å². The molecule has 2 aromatic heterocycles. The average molecular weight is 510 g/mol. The van der Waals surface area contributed by atoms with E-state index in [-0.39, 0.29) is 17.6 Å². The maximum atomic E-state index is 13.0. The first kappa shape index (κ1) is 25.1. The van der Waals surface area contributed by atoms with Crippen molar-refractivity contribution in [3.63, 3.8) is 0 Å². The van der Waals surface area contributed by atoms with Gasteiger partial charge >= 0.3 is 0 Å². The van der Waals surface area contributed by atoms with Crippen LogP contribution in [0.25, 0.3) is 0 Å². The number of carbonyl (C=O) groups excluding carboxylic acids is 2. The number of benzene rings is 2. The van der Waals surface area contributed by atoms with Gasteiger partial charge in [-0.25, -0.2) is 0 Å². The first-order valence-electron chi connectivity index (χ1n) is 12.7. The van der Waals surface area contributed by atoms with Gasteiger partial charge in [0, 0.05) is 56.4 Å². The van der Waals surface area contributed by atoms with Crippen molar-refractivity contribution in [2.24, 2.45) is 0 Å². The Labute approximate surface area is 222 Å². The Balaban J connectivity index is 1.36. The number of anilines is 3. The maximum absolute atomic E-state index is 13.0. The van der Waals surface area contributed by atoms with E-state index in [9.17, 15) is 9.59 Å². The predicted octanol–water partition coefficient (Wildman–Crippen LogP) is 4.80. The highest BCUT2D eigenvalue weighted by Crippen LogP contribution is 2.30. The highest BCUT2D eigenvalue weighted by molar-refractivity contribution is 6.05. The standard InChI is InChI=1S/C30H31N5O3/c1-21-6-3-4-8-26(21)34-14-16-35(17-15-34)27-11-10-24(29(36)32-20-23-7-5-13-31-19-23)18-25(27)33-30(37)28-12-9-22(2)38-28/h3-13,18-19H,14-17,20H2,1-2H3,(H,32,36)(H,33,37). The Hall–Kier alpha value is -4.59. The number of pyridine rings is 1. The Kier molecular flexibility index (Phi) is 7.40. The zero-order chi connectivity index (χ0) is 26.5. The lowest BCUT2D eigenvalue weighted by Gasteiger charge is -2.38. The minimum atomic E-state index is -0.356. The average Bonchev–Trinajstić information content (AvgIpc) is 3.39. The lowest BCUT2D eigenvalue weighted by Crippen LogP contribution is -2.47. The molecule has 8 nitrogen and oxygen atoms in total. The Morgan fingerprint density at radius 3 is 2.32 bits per heavy atom. The molecule has 2 N–H and O–H groups in total. The number of hydrogen-bond acceptors (Lipinski definition) is 6. The normalized spacial score (nSPS) is 13.3. The number of hydrogen-bond donors (Lipinski definition) is 2. The molecule has 0 aliphatic carbocycles. The summed E-state index contributed by atoms with van der Waals surface area (Å²) in [6, 6.07) is 21.0. The summed E-state index contributed by atoms with van der Waals surface area (Å²) in [6.45, 7) is 7.55. The monoisotopic (exact) mass is 509 g/mol. The summed E-state index contributed by atoms with van der Waals surface area (Å²) in [6.07, 6.45) is 3.41. The third-order valence-electron chi connectivity index (χ3n) is 6.72. The number of furan rings is 1. The molecule has 3 heterocycles. The van der Waals surface area contributed by atoms with Gasteiger partial charge in [0.1, 0.15) is 5.76 Å². The number of aryl methyl sites for hydroxylation is 2. The molecule has 1 aliphatic rings. The van der Waals surface area contributed by atoms with Crippen LogP contribution < -0.4 is 20.4 Å². The zero-order valence-electron chi connectivity index (χ0n) is 21.6. The van der Waals surface area contributed by atoms with Crippen LogP contribution >= 0.6 is 0 Å². The van der Waals surface area contributed by atoms with Crippen molar-refractivity contribution < 1.29 is 14.0 Å². The van der Waals surface area contributed by atoms with Crippen molar-refractivity contribution in [2.75, 3.05) is 41.3 Å². The van der Waals surface area contributed by atoms with E-state index in [4.69, 9.17) is 4.42 Å². The molecule has 38 heavy (non-hydrogen) atoms. The van der Waals surface area contributed by atoms with Crippen LogP contribution in [0.1, 0.15) is 37.8 Å². The molecular weight excluding hydrogens is 478 g/mol. The first-order valence-corrected chi connectivity index (χ1v) is 12.7. The molecule has 0 saturated carbocycles. The summed E-state index contributed by atoms with van der Waals surface area (Å²) in [5, 5.41) is 5.91. The Morgan fingerprint density at radius 1 is 0.868 bits per heavy atom. The van der Waals surface area contributed by atoms with Crippen molar-refractivity contribution in [1.82, 2.24) is 10.3 Å². The number of nitrogens with one attached hydrogen (secondary N) is 2. The van der Waals surface area contributed by atoms with E-state index in [0.29, 0.717) is 23.6 Å². The SMILES string of the molecule is Cc1ccc(C(=O)Nc2cc(C(=O)NCc3cccnc3)ccc2N2CCN(c3ccccc3C)CC2)o1. The fraction of sp³-hybridized carbons (Fsp3) is 0.233. The molecule has 0 spiro atoms. The molecule has 194 valence electrons. The van der Waals surface area contributed by atoms with Crippen LogP contribution in [0.4, 0.5) is 17.1 Å². The van der Waals surface area contributed by atoms with Crippen molar-refractivity contribution in [3.8, 4) is 0 Å². The molecular formula is C30H31N5O3. The van der Waals surface area contributed by atoms with E-state index < -0.39 is 0 Å². The second-order valence-corrected chi connectivity index (χ2v) is 9.40. The van der Waals surface area contributed by atoms with Crippen molar-refractivity contribution in [3.05, 3.63) is 107 Å². The summed E-state index contributed by atoms with van der Waals surface area (Å²) in [5.41, 5.74) is 5.31. The summed E-state index contributed by atoms with van der Waals surface area (Å²) >= 11 is 0. The van der Waals surface area contributed by atoms with Crippen LogP contribution in [0.3, 0.4) is 0 Å². The summed E-state index contributed by atoms with van der Waals surface area (Å²) in [7, 11) is 0. The van der Waals surface area contributed by atoms with Gasteiger partial charge in [-0.15, -0.1) is 0 Å². The molecule has 2 amide bonds. The highest BCUT2D eigenvalue weighted by atomic mass is 16.3. The van der Waals surface area contributed by atoms with Crippen LogP contribution in [0.5, 0.6) is 0 Å². The topological polar surface area (TPSA) is 90.7 Å². The van der Waals surface area contributed by atoms with Crippen LogP contribution in [0.15, 0.2) is 83.5 Å². The number of piperazine rings is 1. The fourth-order valence-corrected chi connectivity index (χ4v) is 4.69. The molecule has 4 aromatic rings. The van der Waals surface area contributed by atoms with Gasteiger partial charge in [-0.2, -0.15) is 0 Å². The largest absolute Gasteiger partial charge is 0.456 e. The van der Waals surface area contributed by atoms with Gasteiger partial charge in [-0.05, 0) is 67.4 Å². The molecule has 8 heteroatoms. The number of amides is 2. The zero-order valence-corrected chi connectivity index (χ0v) is 21.6. The minimum absolute atomic E-state index is 0.226. The smallest absolute Gasteiger partial charge is 0.291 e. The molecule has 1 fully saturated rings. The van der Waals surface area contributed by atoms with Crippen LogP contribution in [-0.2, 0) is 6.54 Å². The summed E-state index contributed by atoms with van der Waals surface area (Å²) in [5.74, 6) is 0.301. The van der Waals surface area contributed by atoms with Crippen molar-refractivity contribution in [1.29, 1.82) is 0 Å². The number of aromatic nitrogens is 1.